The molecule has 1 fully saturated rings. The molecule has 0 spiro atoms. The summed E-state index contributed by atoms with van der Waals surface area (Å²) >= 11 is 0. The van der Waals surface area contributed by atoms with Gasteiger partial charge in [0.2, 0.25) is 0 Å². The number of nitro benzene ring substituents is 1. The molecule has 0 amide bonds. The van der Waals surface area contributed by atoms with Crippen LogP contribution in [-0.4, -0.2) is 23.6 Å². The van der Waals surface area contributed by atoms with Gasteiger partial charge in [0.1, 0.15) is 11.6 Å². The van der Waals surface area contributed by atoms with Crippen molar-refractivity contribution in [1.82, 2.24) is 5.32 Å². The highest BCUT2D eigenvalue weighted by Gasteiger charge is 2.19. The molecular weight excluding hydrogens is 244 g/mol. The number of nitrogens with one attached hydrogen (secondary N) is 2. The zero-order chi connectivity index (χ0) is 13.8. The molecule has 1 aliphatic heterocycles. The molecule has 6 nitrogen and oxygen atoms in total. The number of nitro groups is 1. The molecule has 6 heteroatoms. The molecule has 2 atom stereocenters. The Morgan fingerprint density at radius 2 is 2.37 bits per heavy atom. The fraction of sp³-hybridized carbons (Fsp3) is 0.462. The Hall–Kier alpha value is -2.13. The summed E-state index contributed by atoms with van der Waals surface area (Å²) in [6.45, 7) is 3.08. The van der Waals surface area contributed by atoms with Crippen LogP contribution in [0.1, 0.15) is 25.3 Å². The van der Waals surface area contributed by atoms with Gasteiger partial charge in [-0.2, -0.15) is 5.26 Å². The van der Waals surface area contributed by atoms with Crippen LogP contribution in [0, 0.1) is 21.4 Å². The first-order valence-electron chi connectivity index (χ1n) is 6.28. The van der Waals surface area contributed by atoms with Crippen LogP contribution in [0.3, 0.4) is 0 Å². The number of nitrogens with zero attached hydrogens (tertiary/aromatic N) is 2. The average Bonchev–Trinajstić information content (AvgIpc) is 2.38. The van der Waals surface area contributed by atoms with Gasteiger partial charge in [-0.1, -0.05) is 0 Å². The lowest BCUT2D eigenvalue weighted by Crippen LogP contribution is -2.41. The number of benzene rings is 1. The van der Waals surface area contributed by atoms with Crippen LogP contribution in [0.25, 0.3) is 0 Å². The Kier molecular flexibility index (Phi) is 3.97. The highest BCUT2D eigenvalue weighted by Crippen LogP contribution is 2.23. The van der Waals surface area contributed by atoms with E-state index in [1.165, 1.54) is 6.07 Å². The van der Waals surface area contributed by atoms with E-state index < -0.39 is 4.92 Å². The summed E-state index contributed by atoms with van der Waals surface area (Å²) in [6, 6.07) is 7.25. The molecule has 1 aromatic rings. The second-order valence-corrected chi connectivity index (χ2v) is 4.82. The number of hydrogen-bond acceptors (Lipinski definition) is 5. The van der Waals surface area contributed by atoms with Gasteiger partial charge in [0.15, 0.2) is 0 Å². The SMILES string of the molecule is CC1CC(Nc2ccc([N+](=O)[O-])c(C#N)c2)CCN1. The summed E-state index contributed by atoms with van der Waals surface area (Å²) in [5.74, 6) is 0. The molecule has 2 N–H and O–H groups in total. The Bertz CT molecular complexity index is 524. The van der Waals surface area contributed by atoms with Crippen molar-refractivity contribution in [2.24, 2.45) is 0 Å². The van der Waals surface area contributed by atoms with Crippen molar-refractivity contribution < 1.29 is 4.92 Å². The number of nitriles is 1. The molecule has 19 heavy (non-hydrogen) atoms. The van der Waals surface area contributed by atoms with Gasteiger partial charge in [-0.15, -0.1) is 0 Å². The predicted molar refractivity (Wildman–Crippen MR) is 71.9 cm³/mol. The van der Waals surface area contributed by atoms with Gasteiger partial charge >= 0.3 is 0 Å². The Morgan fingerprint density at radius 1 is 1.58 bits per heavy atom. The zero-order valence-electron chi connectivity index (χ0n) is 10.7. The van der Waals surface area contributed by atoms with Crippen molar-refractivity contribution in [2.45, 2.75) is 31.8 Å². The van der Waals surface area contributed by atoms with Crippen LogP contribution in [0.15, 0.2) is 18.2 Å². The lowest BCUT2D eigenvalue weighted by molar-refractivity contribution is -0.385. The quantitative estimate of drug-likeness (QED) is 0.641. The second kappa shape index (κ2) is 5.67. The van der Waals surface area contributed by atoms with Crippen molar-refractivity contribution in [2.75, 3.05) is 11.9 Å². The van der Waals surface area contributed by atoms with Crippen LogP contribution in [0.2, 0.25) is 0 Å². The van der Waals surface area contributed by atoms with E-state index in [2.05, 4.69) is 17.6 Å². The first kappa shape index (κ1) is 13.3. The van der Waals surface area contributed by atoms with Gasteiger partial charge in [0.25, 0.3) is 5.69 Å². The van der Waals surface area contributed by atoms with E-state index >= 15 is 0 Å². The van der Waals surface area contributed by atoms with Gasteiger partial charge in [0.05, 0.1) is 4.92 Å². The molecule has 1 saturated heterocycles. The van der Waals surface area contributed by atoms with Crippen molar-refractivity contribution in [1.29, 1.82) is 5.26 Å². The molecule has 1 aromatic carbocycles. The van der Waals surface area contributed by atoms with Crippen LogP contribution in [0.4, 0.5) is 11.4 Å². The molecule has 1 aliphatic rings. The fourth-order valence-electron chi connectivity index (χ4n) is 2.37. The van der Waals surface area contributed by atoms with Crippen molar-refractivity contribution >= 4 is 11.4 Å². The van der Waals surface area contributed by atoms with Crippen LogP contribution in [0.5, 0.6) is 0 Å². The number of piperidine rings is 1. The third-order valence-corrected chi connectivity index (χ3v) is 3.31. The van der Waals surface area contributed by atoms with Gasteiger partial charge in [0, 0.05) is 23.8 Å². The molecule has 0 bridgehead atoms. The van der Waals surface area contributed by atoms with Crippen molar-refractivity contribution in [3.63, 3.8) is 0 Å². The Morgan fingerprint density at radius 3 is 3.00 bits per heavy atom. The second-order valence-electron chi connectivity index (χ2n) is 4.82. The molecule has 1 heterocycles. The number of anilines is 1. The van der Waals surface area contributed by atoms with E-state index in [4.69, 9.17) is 5.26 Å². The Balaban J connectivity index is 2.13. The third kappa shape index (κ3) is 3.20. The van der Waals surface area contributed by atoms with Gasteiger partial charge in [-0.3, -0.25) is 10.1 Å². The minimum absolute atomic E-state index is 0.0944. The summed E-state index contributed by atoms with van der Waals surface area (Å²) in [6.07, 6.45) is 2.00. The highest BCUT2D eigenvalue weighted by molar-refractivity contribution is 5.59. The highest BCUT2D eigenvalue weighted by atomic mass is 16.6. The van der Waals surface area contributed by atoms with E-state index in [-0.39, 0.29) is 11.3 Å². The normalized spacial score (nSPS) is 22.5. The molecule has 0 aromatic heterocycles. The standard InChI is InChI=1S/C13H16N4O2/c1-9-6-12(4-5-15-9)16-11-2-3-13(17(18)19)10(7-11)8-14/h2-3,7,9,12,15-16H,4-6H2,1H3. The predicted octanol–water partition coefficient (Wildman–Crippen LogP) is 2.02. The number of hydrogen-bond donors (Lipinski definition) is 2. The van der Waals surface area contributed by atoms with Gasteiger partial charge < -0.3 is 10.6 Å². The summed E-state index contributed by atoms with van der Waals surface area (Å²) in [5.41, 5.74) is 0.713. The van der Waals surface area contributed by atoms with Gasteiger partial charge in [-0.05, 0) is 38.4 Å². The lowest BCUT2D eigenvalue weighted by Gasteiger charge is -2.29. The fourth-order valence-corrected chi connectivity index (χ4v) is 2.37. The minimum atomic E-state index is -0.533. The topological polar surface area (TPSA) is 91.0 Å². The molecular formula is C13H16N4O2. The van der Waals surface area contributed by atoms with Crippen molar-refractivity contribution in [3.05, 3.63) is 33.9 Å². The maximum Gasteiger partial charge on any atom is 0.287 e. The summed E-state index contributed by atoms with van der Waals surface area (Å²) in [4.78, 5) is 10.2. The first-order valence-corrected chi connectivity index (χ1v) is 6.28. The largest absolute Gasteiger partial charge is 0.382 e. The zero-order valence-corrected chi connectivity index (χ0v) is 10.7. The maximum atomic E-state index is 10.8. The van der Waals surface area contributed by atoms with Crippen LogP contribution >= 0.6 is 0 Å². The van der Waals surface area contributed by atoms with E-state index in [0.717, 1.165) is 25.1 Å². The van der Waals surface area contributed by atoms with E-state index in [1.54, 1.807) is 12.1 Å². The van der Waals surface area contributed by atoms with Crippen LogP contribution < -0.4 is 10.6 Å². The smallest absolute Gasteiger partial charge is 0.287 e. The lowest BCUT2D eigenvalue weighted by atomic mass is 10.00. The summed E-state index contributed by atoms with van der Waals surface area (Å²) in [7, 11) is 0. The summed E-state index contributed by atoms with van der Waals surface area (Å²) < 4.78 is 0. The average molecular weight is 260 g/mol. The molecule has 100 valence electrons. The van der Waals surface area contributed by atoms with E-state index in [1.807, 2.05) is 6.07 Å². The molecule has 2 unspecified atom stereocenters. The molecule has 0 radical (unpaired) electrons. The Labute approximate surface area is 111 Å². The molecule has 0 aliphatic carbocycles. The number of rotatable bonds is 3. The van der Waals surface area contributed by atoms with E-state index in [9.17, 15) is 10.1 Å². The van der Waals surface area contributed by atoms with Crippen LogP contribution in [-0.2, 0) is 0 Å². The monoisotopic (exact) mass is 260 g/mol. The first-order chi connectivity index (χ1) is 9.10. The summed E-state index contributed by atoms with van der Waals surface area (Å²) in [5, 5.41) is 26.4. The van der Waals surface area contributed by atoms with Crippen molar-refractivity contribution in [3.8, 4) is 6.07 Å². The third-order valence-electron chi connectivity index (χ3n) is 3.31. The maximum absolute atomic E-state index is 10.8. The van der Waals surface area contributed by atoms with E-state index in [0.29, 0.717) is 12.1 Å². The minimum Gasteiger partial charge on any atom is -0.382 e. The molecule has 2 rings (SSSR count). The van der Waals surface area contributed by atoms with Gasteiger partial charge in [-0.25, -0.2) is 0 Å². The molecule has 0 saturated carbocycles.